The number of aromatic nitrogens is 1. The van der Waals surface area contributed by atoms with Crippen molar-refractivity contribution in [1.29, 1.82) is 0 Å². The number of esters is 1. The molecule has 1 aromatic heterocycles. The zero-order valence-electron chi connectivity index (χ0n) is 37.0. The topological polar surface area (TPSA) is 194 Å². The number of carbonyl (C=O) groups excluding carboxylic acids is 5. The smallest absolute Gasteiger partial charge is 0.407 e. The van der Waals surface area contributed by atoms with Gasteiger partial charge in [-0.3, -0.25) is 14.4 Å². The number of rotatable bonds is 24. The lowest BCUT2D eigenvalue weighted by Gasteiger charge is -2.41. The lowest BCUT2D eigenvalue weighted by Crippen LogP contribution is -2.48. The molecular formula is C44H64F2N6O8Si2. The van der Waals surface area contributed by atoms with Crippen LogP contribution in [-0.2, 0) is 35.2 Å². The zero-order valence-corrected chi connectivity index (χ0v) is 39.0. The molecule has 2 radical (unpaired) electrons. The van der Waals surface area contributed by atoms with E-state index in [9.17, 15) is 33.5 Å². The van der Waals surface area contributed by atoms with Crippen molar-refractivity contribution in [2.24, 2.45) is 11.1 Å². The second-order valence-corrected chi connectivity index (χ2v) is 24.2. The molecule has 62 heavy (non-hydrogen) atoms. The zero-order chi connectivity index (χ0) is 46.0. The van der Waals surface area contributed by atoms with Gasteiger partial charge in [0.2, 0.25) is 17.7 Å². The molecule has 3 aromatic rings. The van der Waals surface area contributed by atoms with Gasteiger partial charge in [0.05, 0.1) is 25.3 Å². The molecule has 3 atom stereocenters. The lowest BCUT2D eigenvalue weighted by atomic mass is 9.82. The Kier molecular flexibility index (Phi) is 20.5. The minimum atomic E-state index is -1.45. The maximum Gasteiger partial charge on any atom is 0.407 e. The molecule has 18 heteroatoms. The number of aliphatic hydroxyl groups excluding tert-OH is 1. The summed E-state index contributed by atoms with van der Waals surface area (Å²) in [4.78, 5) is 66.0. The summed E-state index contributed by atoms with van der Waals surface area (Å²) in [6.45, 7) is 14.1. The van der Waals surface area contributed by atoms with Crippen LogP contribution in [0.15, 0.2) is 60.8 Å². The Morgan fingerprint density at radius 2 is 1.65 bits per heavy atom. The molecule has 0 saturated heterocycles. The maximum atomic E-state index is 15.1. The molecule has 0 spiro atoms. The van der Waals surface area contributed by atoms with Crippen LogP contribution in [0.2, 0.25) is 38.3 Å². The first-order chi connectivity index (χ1) is 29.2. The van der Waals surface area contributed by atoms with Crippen molar-refractivity contribution < 1.29 is 47.3 Å². The van der Waals surface area contributed by atoms with Crippen molar-refractivity contribution in [3.8, 4) is 11.1 Å². The summed E-state index contributed by atoms with van der Waals surface area (Å²) in [7, 11) is -0.869. The molecule has 1 heterocycles. The van der Waals surface area contributed by atoms with Crippen LogP contribution in [0.1, 0.15) is 57.3 Å². The van der Waals surface area contributed by atoms with Gasteiger partial charge in [0.15, 0.2) is 0 Å². The third kappa shape index (κ3) is 17.1. The molecule has 0 unspecified atom stereocenters. The molecule has 0 aliphatic rings. The molecule has 340 valence electrons. The summed E-state index contributed by atoms with van der Waals surface area (Å²) in [6, 6.07) is 13.0. The van der Waals surface area contributed by atoms with E-state index in [1.165, 1.54) is 4.90 Å². The standard InChI is InChI=1S/C44H64F2N6O8Si2/c1-44(2,3)40(37-25-31(33-26-32(45)13-14-34(33)46)28-51(37)27-30-11-9-8-10-12-30)52(39(55)29-53)20-17-35(47)41(56)49-19-18-48-38(54)16-15-36(42(57)59-21-23-61-4)50-43(58)60-22-24-62(5,6)7/h8-14,25-26,28,35-36,40,53H,15-24,27,29,47H2,1-7H3,(H,48,54)(H,49,56)(H,50,58)/t35-,36-,40-/m0/s1. The molecule has 4 amide bonds. The molecule has 0 bridgehead atoms. The number of hydrogen-bond acceptors (Lipinski definition) is 9. The molecular weight excluding hydrogens is 835 g/mol. The first kappa shape index (κ1) is 51.4. The highest BCUT2D eigenvalue weighted by Crippen LogP contribution is 2.41. The van der Waals surface area contributed by atoms with E-state index in [0.29, 0.717) is 33.4 Å². The number of halogens is 2. The Morgan fingerprint density at radius 3 is 2.29 bits per heavy atom. The summed E-state index contributed by atoms with van der Waals surface area (Å²) < 4.78 is 41.9. The normalized spacial score (nSPS) is 13.1. The maximum absolute atomic E-state index is 15.1. The minimum absolute atomic E-state index is 0.00501. The van der Waals surface area contributed by atoms with E-state index in [1.807, 2.05) is 62.2 Å². The van der Waals surface area contributed by atoms with Gasteiger partial charge >= 0.3 is 12.1 Å². The predicted molar refractivity (Wildman–Crippen MR) is 238 cm³/mol. The van der Waals surface area contributed by atoms with E-state index >= 15 is 4.39 Å². The monoisotopic (exact) mass is 898 g/mol. The molecule has 2 aromatic carbocycles. The minimum Gasteiger partial charge on any atom is -0.464 e. The number of aliphatic hydroxyl groups is 1. The van der Waals surface area contributed by atoms with Crippen LogP contribution in [0.25, 0.3) is 11.1 Å². The van der Waals surface area contributed by atoms with Crippen LogP contribution in [-0.4, -0.2) is 113 Å². The second kappa shape index (κ2) is 24.7. The number of nitrogens with two attached hydrogens (primary N) is 1. The lowest BCUT2D eigenvalue weighted by molar-refractivity contribution is -0.145. The van der Waals surface area contributed by atoms with Crippen molar-refractivity contribution in [1.82, 2.24) is 25.4 Å². The first-order valence-corrected chi connectivity index (χ1v) is 26.3. The average Bonchev–Trinajstić information content (AvgIpc) is 3.61. The third-order valence-electron chi connectivity index (χ3n) is 9.92. The van der Waals surface area contributed by atoms with E-state index in [4.69, 9.17) is 15.2 Å². The fourth-order valence-corrected chi connectivity index (χ4v) is 7.65. The highest BCUT2D eigenvalue weighted by molar-refractivity contribution is 6.76. The van der Waals surface area contributed by atoms with Gasteiger partial charge in [-0.05, 0) is 60.2 Å². The highest BCUT2D eigenvalue weighted by atomic mass is 28.3. The summed E-state index contributed by atoms with van der Waals surface area (Å²) in [6.07, 6.45) is 0.811. The van der Waals surface area contributed by atoms with Gasteiger partial charge in [-0.2, -0.15) is 0 Å². The van der Waals surface area contributed by atoms with Gasteiger partial charge in [-0.1, -0.05) is 77.3 Å². The molecule has 0 aliphatic heterocycles. The van der Waals surface area contributed by atoms with E-state index in [1.54, 1.807) is 12.3 Å². The third-order valence-corrected chi connectivity index (χ3v) is 12.3. The Balaban J connectivity index is 1.65. The van der Waals surface area contributed by atoms with Crippen LogP contribution in [0, 0.1) is 17.0 Å². The van der Waals surface area contributed by atoms with E-state index in [2.05, 4.69) is 35.6 Å². The molecule has 3 rings (SSSR count). The van der Waals surface area contributed by atoms with Crippen LogP contribution >= 0.6 is 0 Å². The van der Waals surface area contributed by atoms with Crippen LogP contribution in [0.5, 0.6) is 0 Å². The number of carbonyl (C=O) groups is 5. The van der Waals surface area contributed by atoms with Crippen LogP contribution in [0.3, 0.4) is 0 Å². The fraction of sp³-hybridized carbons (Fsp3) is 0.523. The van der Waals surface area contributed by atoms with Gasteiger partial charge in [0, 0.05) is 73.2 Å². The summed E-state index contributed by atoms with van der Waals surface area (Å²) >= 11 is 0. The van der Waals surface area contributed by atoms with E-state index in [-0.39, 0.29) is 57.7 Å². The van der Waals surface area contributed by atoms with Crippen molar-refractivity contribution in [2.75, 3.05) is 39.5 Å². The van der Waals surface area contributed by atoms with Crippen LogP contribution in [0.4, 0.5) is 13.6 Å². The quantitative estimate of drug-likeness (QED) is 0.0453. The Labute approximate surface area is 367 Å². The highest BCUT2D eigenvalue weighted by Gasteiger charge is 2.37. The first-order valence-electron chi connectivity index (χ1n) is 20.9. The van der Waals surface area contributed by atoms with E-state index in [0.717, 1.165) is 29.8 Å². The summed E-state index contributed by atoms with van der Waals surface area (Å²) in [5.74, 6) is -3.45. The van der Waals surface area contributed by atoms with Gasteiger partial charge in [0.1, 0.15) is 24.3 Å². The summed E-state index contributed by atoms with van der Waals surface area (Å²) in [5, 5.41) is 18.0. The molecule has 0 aliphatic carbocycles. The van der Waals surface area contributed by atoms with Gasteiger partial charge < -0.3 is 45.7 Å². The number of nitrogens with one attached hydrogen (secondary N) is 3. The molecule has 0 fully saturated rings. The Morgan fingerprint density at radius 1 is 0.952 bits per heavy atom. The second-order valence-electron chi connectivity index (χ2n) is 17.4. The number of ether oxygens (including phenoxy) is 2. The van der Waals surface area contributed by atoms with Gasteiger partial charge in [0.25, 0.3) is 0 Å². The SMILES string of the molecule is C[Si]CCOC(=O)[C@H](CCC(=O)NCCNC(=O)[C@@H](N)CCN(C(=O)CO)[C@@H](c1cc(-c2cc(F)ccc2F)cn1Cc1ccccc1)C(C)(C)C)NC(=O)OCC[Si](C)(C)C. The van der Waals surface area contributed by atoms with Gasteiger partial charge in [-0.25, -0.2) is 18.4 Å². The number of benzene rings is 2. The molecule has 14 nitrogen and oxygen atoms in total. The van der Waals surface area contributed by atoms with E-state index < -0.39 is 79.6 Å². The van der Waals surface area contributed by atoms with Crippen molar-refractivity contribution in [2.45, 2.75) is 103 Å². The average molecular weight is 899 g/mol. The predicted octanol–water partition coefficient (Wildman–Crippen LogP) is 5.27. The summed E-state index contributed by atoms with van der Waals surface area (Å²) in [5.41, 5.74) is 7.63. The largest absolute Gasteiger partial charge is 0.464 e. The number of hydrogen-bond donors (Lipinski definition) is 5. The number of amides is 4. The van der Waals surface area contributed by atoms with Crippen LogP contribution < -0.4 is 21.7 Å². The Bertz CT molecular complexity index is 1940. The van der Waals surface area contributed by atoms with Crippen molar-refractivity contribution in [3.05, 3.63) is 83.7 Å². The number of alkyl carbamates (subject to hydrolysis) is 1. The van der Waals surface area contributed by atoms with Gasteiger partial charge in [-0.15, -0.1) is 0 Å². The molecule has 0 saturated carbocycles. The molecule has 6 N–H and O–H groups in total. The fourth-order valence-electron chi connectivity index (χ4n) is 6.63. The van der Waals surface area contributed by atoms with Crippen molar-refractivity contribution >= 4 is 47.4 Å². The number of nitrogens with zero attached hydrogens (tertiary/aromatic N) is 2. The van der Waals surface area contributed by atoms with Crippen molar-refractivity contribution in [3.63, 3.8) is 0 Å². The Hall–Kier alpha value is -4.92.